The van der Waals surface area contributed by atoms with Gasteiger partial charge >= 0.3 is 0 Å². The first kappa shape index (κ1) is 51.4. The molecule has 6 atom stereocenters. The molecule has 0 aromatic carbocycles. The molecule has 0 aromatic heterocycles. The van der Waals surface area contributed by atoms with Gasteiger partial charge in [0.1, 0.15) is 0 Å². The van der Waals surface area contributed by atoms with Crippen LogP contribution in [-0.2, 0) is 0 Å². The largest absolute Gasteiger partial charge is 0.359 e. The molecule has 6 unspecified atom stereocenters. The fraction of sp³-hybridized carbons (Fsp3) is 0.672. The van der Waals surface area contributed by atoms with Gasteiger partial charge in [0, 0.05) is 57.3 Å². The molecule has 0 bridgehead atoms. The molecule has 0 N–H and O–H groups in total. The molecule has 0 radical (unpaired) electrons. The van der Waals surface area contributed by atoms with E-state index < -0.39 is 0 Å². The van der Waals surface area contributed by atoms with Crippen LogP contribution < -0.4 is 0 Å². The lowest BCUT2D eigenvalue weighted by Gasteiger charge is -2.51. The molecule has 1 aliphatic heterocycles. The summed E-state index contributed by atoms with van der Waals surface area (Å²) in [5, 5.41) is 0. The highest BCUT2D eigenvalue weighted by atomic mass is 15.3. The summed E-state index contributed by atoms with van der Waals surface area (Å²) < 4.78 is 0. The summed E-state index contributed by atoms with van der Waals surface area (Å²) in [4.78, 5) is 8.54. The lowest BCUT2D eigenvalue weighted by atomic mass is 9.59. The van der Waals surface area contributed by atoms with E-state index in [1.807, 2.05) is 0 Å². The summed E-state index contributed by atoms with van der Waals surface area (Å²) >= 11 is 0. The van der Waals surface area contributed by atoms with Crippen LogP contribution in [0.5, 0.6) is 0 Å². The topological polar surface area (TPSA) is 9.72 Å². The molecule has 3 heteroatoms. The average molecular weight is 947 g/mol. The normalized spacial score (nSPS) is 30.6. The molecular formula is C67H99N3. The van der Waals surface area contributed by atoms with Gasteiger partial charge in [0.25, 0.3) is 0 Å². The molecule has 70 heavy (non-hydrogen) atoms. The van der Waals surface area contributed by atoms with Gasteiger partial charge in [-0.25, -0.2) is 0 Å². The number of allylic oxidation sites excluding steroid dienone is 15. The van der Waals surface area contributed by atoms with Gasteiger partial charge in [-0.2, -0.15) is 0 Å². The highest BCUT2D eigenvalue weighted by Crippen LogP contribution is 2.64. The maximum absolute atomic E-state index is 3.04. The van der Waals surface area contributed by atoms with E-state index in [0.717, 1.165) is 44.4 Å². The Bertz CT molecular complexity index is 2250. The molecule has 382 valence electrons. The van der Waals surface area contributed by atoms with E-state index in [1.54, 1.807) is 11.3 Å². The summed E-state index contributed by atoms with van der Waals surface area (Å²) in [6.07, 6.45) is 59.4. The van der Waals surface area contributed by atoms with Crippen molar-refractivity contribution in [2.45, 2.75) is 224 Å². The Hall–Kier alpha value is -3.46. The third kappa shape index (κ3) is 10.1. The number of rotatable bonds is 8. The minimum Gasteiger partial charge on any atom is -0.359 e. The molecule has 9 aliphatic rings. The van der Waals surface area contributed by atoms with E-state index in [2.05, 4.69) is 197 Å². The number of hydrogen-bond donors (Lipinski definition) is 0. The Morgan fingerprint density at radius 3 is 1.51 bits per heavy atom. The zero-order valence-corrected chi connectivity index (χ0v) is 47.2. The van der Waals surface area contributed by atoms with Crippen LogP contribution in [0.25, 0.3) is 0 Å². The maximum atomic E-state index is 3.04. The number of hydrogen-bond acceptors (Lipinski definition) is 3. The van der Waals surface area contributed by atoms with Crippen LogP contribution >= 0.6 is 0 Å². The highest BCUT2D eigenvalue weighted by molar-refractivity contribution is 5.52. The van der Waals surface area contributed by atoms with Crippen molar-refractivity contribution in [3.63, 3.8) is 0 Å². The molecule has 8 aliphatic carbocycles. The van der Waals surface area contributed by atoms with E-state index in [-0.39, 0.29) is 33.2 Å². The molecule has 0 aromatic rings. The molecule has 1 heterocycles. The average Bonchev–Trinajstić information content (AvgIpc) is 3.50. The van der Waals surface area contributed by atoms with Crippen LogP contribution in [0.2, 0.25) is 0 Å². The smallest absolute Gasteiger partial charge is 0.0556 e. The van der Waals surface area contributed by atoms with Crippen LogP contribution in [-0.4, -0.2) is 26.3 Å². The summed E-state index contributed by atoms with van der Waals surface area (Å²) in [5.41, 5.74) is 12.8. The highest BCUT2D eigenvalue weighted by Gasteiger charge is 2.60. The minimum atomic E-state index is -0.0290. The van der Waals surface area contributed by atoms with Crippen molar-refractivity contribution in [2.24, 2.45) is 62.6 Å². The summed E-state index contributed by atoms with van der Waals surface area (Å²) in [6.45, 7) is 34.5. The Morgan fingerprint density at radius 2 is 1.04 bits per heavy atom. The van der Waals surface area contributed by atoms with Crippen molar-refractivity contribution in [3.05, 3.63) is 131 Å². The van der Waals surface area contributed by atoms with Gasteiger partial charge < -0.3 is 14.7 Å². The summed E-state index contributed by atoms with van der Waals surface area (Å²) in [5.74, 6) is 3.79. The molecule has 1 spiro atoms. The summed E-state index contributed by atoms with van der Waals surface area (Å²) in [6, 6.07) is 0.199. The van der Waals surface area contributed by atoms with Crippen molar-refractivity contribution >= 4 is 0 Å². The number of likely N-dealkylation sites (tertiary alicyclic amines) is 1. The number of nitrogens with zero attached hydrogens (tertiary/aromatic N) is 3. The van der Waals surface area contributed by atoms with Gasteiger partial charge in [-0.15, -0.1) is 0 Å². The van der Waals surface area contributed by atoms with E-state index in [9.17, 15) is 0 Å². The molecule has 0 amide bonds. The van der Waals surface area contributed by atoms with Crippen LogP contribution in [0.1, 0.15) is 213 Å². The second-order valence-corrected chi connectivity index (χ2v) is 28.8. The first-order valence-corrected chi connectivity index (χ1v) is 29.0. The first-order chi connectivity index (χ1) is 33.0. The predicted octanol–water partition coefficient (Wildman–Crippen LogP) is 18.8. The van der Waals surface area contributed by atoms with E-state index in [4.69, 9.17) is 0 Å². The molecule has 3 fully saturated rings. The third-order valence-electron chi connectivity index (χ3n) is 20.0. The first-order valence-electron chi connectivity index (χ1n) is 29.0. The Morgan fingerprint density at radius 1 is 0.514 bits per heavy atom. The van der Waals surface area contributed by atoms with Gasteiger partial charge in [-0.1, -0.05) is 176 Å². The maximum Gasteiger partial charge on any atom is 0.0556 e. The Kier molecular flexibility index (Phi) is 14.3. The van der Waals surface area contributed by atoms with Crippen molar-refractivity contribution in [2.75, 3.05) is 0 Å². The Labute approximate surface area is 429 Å². The fourth-order valence-electron chi connectivity index (χ4n) is 15.0. The standard InChI is InChI=1S/C67H99N3/c1-62(2,3)49-24-32-53(33-25-49)68(54-34-26-50(27-35-54)63(4,5)6)57-44-58(69(55-36-28-51(29-37-55)64(7,8)9)56-38-30-52(31-39-56)65(10,11)12)46-59(45-57)70-61-40-23-48(47-21-17-15-18-22-47)43-60(61)67(66(70,13)14)41-19-16-20-42-67/h24,26,28,32-38,40,43-45,47-52,59H,15-23,25,27,29-31,39,41-42,46H2,1-14H3. The molecule has 2 saturated carbocycles. The third-order valence-corrected chi connectivity index (χ3v) is 20.0. The fourth-order valence-corrected chi connectivity index (χ4v) is 15.0. The van der Waals surface area contributed by atoms with Gasteiger partial charge in [0.15, 0.2) is 0 Å². The van der Waals surface area contributed by atoms with Crippen LogP contribution in [0, 0.1) is 62.6 Å². The van der Waals surface area contributed by atoms with Crippen molar-refractivity contribution in [1.29, 1.82) is 0 Å². The van der Waals surface area contributed by atoms with E-state index in [0.29, 0.717) is 35.0 Å². The lowest BCUT2D eigenvalue weighted by Crippen LogP contribution is -2.53. The van der Waals surface area contributed by atoms with Crippen LogP contribution in [0.15, 0.2) is 131 Å². The predicted molar refractivity (Wildman–Crippen MR) is 300 cm³/mol. The van der Waals surface area contributed by atoms with Crippen molar-refractivity contribution < 1.29 is 0 Å². The van der Waals surface area contributed by atoms with Gasteiger partial charge in [-0.3, -0.25) is 0 Å². The van der Waals surface area contributed by atoms with E-state index in [1.165, 1.54) is 111 Å². The zero-order valence-electron chi connectivity index (χ0n) is 47.2. The van der Waals surface area contributed by atoms with Crippen LogP contribution in [0.3, 0.4) is 0 Å². The van der Waals surface area contributed by atoms with E-state index >= 15 is 0 Å². The number of fused-ring (bicyclic) bond motifs is 2. The van der Waals surface area contributed by atoms with Gasteiger partial charge in [0.05, 0.1) is 6.04 Å². The molecule has 9 rings (SSSR count). The monoisotopic (exact) mass is 946 g/mol. The van der Waals surface area contributed by atoms with Gasteiger partial charge in [0.2, 0.25) is 0 Å². The second-order valence-electron chi connectivity index (χ2n) is 28.8. The minimum absolute atomic E-state index is 0.0290. The SMILES string of the molecule is CC(C)(C)C1C=CC(N(C2=CCC(C(C)(C)C)C=C2)C2=CC(N3C4=CCC(C5CCCCC5)C=C4C4(CCCCC4)C3(C)C)CC(N(C3=CCC(C(C)(C)C)C=C3)C3=CCC(C(C)(C)C)CC3)=C2)=CC1. The molecule has 1 saturated heterocycles. The zero-order chi connectivity index (χ0) is 50.0. The molecular weight excluding hydrogens is 847 g/mol. The van der Waals surface area contributed by atoms with Gasteiger partial charge in [-0.05, 0) is 178 Å². The lowest BCUT2D eigenvalue weighted by molar-refractivity contribution is 0.0397. The van der Waals surface area contributed by atoms with Crippen molar-refractivity contribution in [3.8, 4) is 0 Å². The quantitative estimate of drug-likeness (QED) is 0.240. The summed E-state index contributed by atoms with van der Waals surface area (Å²) in [7, 11) is 0. The van der Waals surface area contributed by atoms with Crippen molar-refractivity contribution in [1.82, 2.24) is 14.7 Å². The van der Waals surface area contributed by atoms with Crippen LogP contribution in [0.4, 0.5) is 0 Å². The second kappa shape index (κ2) is 19.4. The molecule has 3 nitrogen and oxygen atoms in total. The Balaban J connectivity index is 1.21.